The Hall–Kier alpha value is -3.25. The van der Waals surface area contributed by atoms with Crippen LogP contribution in [0.15, 0.2) is 109 Å². The summed E-state index contributed by atoms with van der Waals surface area (Å²) in [5, 5.41) is 0. The second kappa shape index (κ2) is 15.9. The van der Waals surface area contributed by atoms with Crippen molar-refractivity contribution in [3.05, 3.63) is 131 Å². The lowest BCUT2D eigenvalue weighted by Crippen LogP contribution is -2.20. The van der Waals surface area contributed by atoms with Crippen LogP contribution in [0.5, 0.6) is 11.5 Å². The van der Waals surface area contributed by atoms with E-state index in [1.807, 2.05) is 24.3 Å². The minimum Gasteiger partial charge on any atom is -0.529 e. The van der Waals surface area contributed by atoms with Gasteiger partial charge in [0.15, 0.2) is 0 Å². The number of nitrogens with zero attached hydrogens (tertiary/aromatic N) is 2. The number of likely N-dealkylation sites (N-methyl/N-ethyl adjacent to an activating group) is 2. The molecule has 6 heteroatoms. The summed E-state index contributed by atoms with van der Waals surface area (Å²) in [6.07, 6.45) is 2.11. The molecule has 4 aromatic carbocycles. The smallest absolute Gasteiger partial charge is 0.529 e. The van der Waals surface area contributed by atoms with Gasteiger partial charge in [-0.25, -0.2) is 0 Å². The maximum absolute atomic E-state index is 5.80. The van der Waals surface area contributed by atoms with Crippen LogP contribution in [0, 0.1) is 0 Å². The van der Waals surface area contributed by atoms with Crippen molar-refractivity contribution in [3.8, 4) is 11.5 Å². The van der Waals surface area contributed by atoms with Crippen molar-refractivity contribution >= 4 is 20.1 Å². The van der Waals surface area contributed by atoms with Gasteiger partial charge >= 0.3 is 7.69 Å². The van der Waals surface area contributed by atoms with E-state index in [1.54, 1.807) is 0 Å². The molecule has 0 heterocycles. The molecule has 198 valence electrons. The lowest BCUT2D eigenvalue weighted by molar-refractivity contribution is 0.331. The van der Waals surface area contributed by atoms with Gasteiger partial charge < -0.3 is 19.1 Å². The number of hydrogen-bond acceptors (Lipinski definition) is 4. The second-order valence-corrected chi connectivity index (χ2v) is 9.64. The number of benzene rings is 4. The summed E-state index contributed by atoms with van der Waals surface area (Å²) in [5.74, 6) is 1.62. The van der Waals surface area contributed by atoms with E-state index < -0.39 is 0 Å². The summed E-state index contributed by atoms with van der Waals surface area (Å²) in [7, 11) is 4.51. The first kappa shape index (κ1) is 29.3. The number of rotatable bonds is 14. The molecule has 0 fully saturated rings. The summed E-state index contributed by atoms with van der Waals surface area (Å²) in [5.41, 5.74) is 5.29. The average molecular weight is 529 g/mol. The van der Waals surface area contributed by atoms with Crippen LogP contribution in [0.3, 0.4) is 0 Å². The predicted octanol–water partition coefficient (Wildman–Crippen LogP) is 6.18. The highest BCUT2D eigenvalue weighted by Crippen LogP contribution is 2.16. The molecule has 4 nitrogen and oxygen atoms in total. The van der Waals surface area contributed by atoms with Crippen LogP contribution in [0.2, 0.25) is 0 Å². The number of halogens is 1. The summed E-state index contributed by atoms with van der Waals surface area (Å²) >= 11 is 0. The fourth-order valence-corrected chi connectivity index (χ4v) is 4.26. The maximum Gasteiger partial charge on any atom is 0.576 e. The highest BCUT2D eigenvalue weighted by molar-refractivity contribution is 6.20. The molecule has 0 saturated carbocycles. The van der Waals surface area contributed by atoms with Crippen molar-refractivity contribution in [1.29, 1.82) is 0 Å². The summed E-state index contributed by atoms with van der Waals surface area (Å²) in [6, 6.07) is 37.8. The van der Waals surface area contributed by atoms with E-state index in [4.69, 9.17) is 9.31 Å². The third-order valence-electron chi connectivity index (χ3n) is 6.45. The first-order valence-corrected chi connectivity index (χ1v) is 13.0. The predicted molar refractivity (Wildman–Crippen MR) is 161 cm³/mol. The van der Waals surface area contributed by atoms with Crippen molar-refractivity contribution in [2.45, 2.75) is 25.9 Å². The van der Waals surface area contributed by atoms with Crippen LogP contribution >= 0.6 is 12.4 Å². The molecule has 0 bridgehead atoms. The van der Waals surface area contributed by atoms with E-state index in [-0.39, 0.29) is 20.1 Å². The lowest BCUT2D eigenvalue weighted by Gasteiger charge is -2.17. The standard InChI is InChI=1S/C32H37BN2O2.ClH/c1-34(23-21-27-9-5-3-6-10-27)25-29-13-17-31(18-14-29)36-33-37-32-19-15-30(16-20-32)26-35(2)24-22-28-11-7-4-8-12-28;/h3-20,33H,21-26H2,1-2H3;1H. The van der Waals surface area contributed by atoms with Gasteiger partial charge in [0, 0.05) is 26.2 Å². The fraction of sp³-hybridized carbons (Fsp3) is 0.250. The van der Waals surface area contributed by atoms with Gasteiger partial charge in [-0.05, 0) is 73.5 Å². The van der Waals surface area contributed by atoms with Crippen LogP contribution in [-0.4, -0.2) is 44.7 Å². The van der Waals surface area contributed by atoms with E-state index in [1.165, 1.54) is 22.3 Å². The molecule has 0 unspecified atom stereocenters. The zero-order valence-electron chi connectivity index (χ0n) is 22.5. The van der Waals surface area contributed by atoms with E-state index in [9.17, 15) is 0 Å². The SMILES string of the molecule is CN(CCc1ccccc1)Cc1ccc(OBOc2ccc(CN(C)CCc3ccccc3)cc2)cc1.Cl. The molecule has 0 aliphatic rings. The van der Waals surface area contributed by atoms with Crippen molar-refractivity contribution in [3.63, 3.8) is 0 Å². The van der Waals surface area contributed by atoms with Gasteiger partial charge in [-0.15, -0.1) is 12.4 Å². The molecule has 4 aromatic rings. The Balaban J connectivity index is 0.00000400. The van der Waals surface area contributed by atoms with Crippen LogP contribution in [0.4, 0.5) is 0 Å². The molecule has 0 aromatic heterocycles. The Kier molecular flexibility index (Phi) is 12.2. The molecule has 0 atom stereocenters. The largest absolute Gasteiger partial charge is 0.576 e. The first-order valence-electron chi connectivity index (χ1n) is 13.0. The van der Waals surface area contributed by atoms with Crippen molar-refractivity contribution in [1.82, 2.24) is 9.80 Å². The van der Waals surface area contributed by atoms with Gasteiger partial charge in [0.2, 0.25) is 0 Å². The van der Waals surface area contributed by atoms with Crippen LogP contribution in [0.25, 0.3) is 0 Å². The first-order chi connectivity index (χ1) is 18.1. The third kappa shape index (κ3) is 10.3. The minimum atomic E-state index is 0. The maximum atomic E-state index is 5.80. The van der Waals surface area contributed by atoms with Gasteiger partial charge in [0.1, 0.15) is 11.5 Å². The fourth-order valence-electron chi connectivity index (χ4n) is 4.26. The van der Waals surface area contributed by atoms with Gasteiger partial charge in [-0.1, -0.05) is 84.9 Å². The van der Waals surface area contributed by atoms with E-state index in [0.29, 0.717) is 0 Å². The molecule has 0 N–H and O–H groups in total. The van der Waals surface area contributed by atoms with Crippen LogP contribution in [0.1, 0.15) is 22.3 Å². The highest BCUT2D eigenvalue weighted by atomic mass is 35.5. The zero-order chi connectivity index (χ0) is 25.7. The van der Waals surface area contributed by atoms with E-state index in [2.05, 4.69) is 109 Å². The molecule has 0 saturated heterocycles. The van der Waals surface area contributed by atoms with Crippen molar-refractivity contribution < 1.29 is 9.31 Å². The summed E-state index contributed by atoms with van der Waals surface area (Å²) < 4.78 is 11.6. The number of hydrogen-bond donors (Lipinski definition) is 0. The lowest BCUT2D eigenvalue weighted by atomic mass is 10.1. The quantitative estimate of drug-likeness (QED) is 0.182. The minimum absolute atomic E-state index is 0. The Labute approximate surface area is 234 Å². The molecular weight excluding hydrogens is 491 g/mol. The monoisotopic (exact) mass is 528 g/mol. The second-order valence-electron chi connectivity index (χ2n) is 9.64. The highest BCUT2D eigenvalue weighted by Gasteiger charge is 2.05. The Morgan fingerprint density at radius 3 is 1.24 bits per heavy atom. The molecule has 38 heavy (non-hydrogen) atoms. The van der Waals surface area contributed by atoms with Crippen LogP contribution in [-0.2, 0) is 25.9 Å². The normalized spacial score (nSPS) is 10.7. The van der Waals surface area contributed by atoms with E-state index >= 15 is 0 Å². The Bertz CT molecular complexity index is 1080. The topological polar surface area (TPSA) is 24.9 Å². The Morgan fingerprint density at radius 2 is 0.868 bits per heavy atom. The molecule has 4 rings (SSSR count). The van der Waals surface area contributed by atoms with Crippen molar-refractivity contribution in [2.75, 3.05) is 27.2 Å². The van der Waals surface area contributed by atoms with Crippen molar-refractivity contribution in [2.24, 2.45) is 0 Å². The van der Waals surface area contributed by atoms with E-state index in [0.717, 1.165) is 50.5 Å². The van der Waals surface area contributed by atoms with Gasteiger partial charge in [0.25, 0.3) is 0 Å². The van der Waals surface area contributed by atoms with Gasteiger partial charge in [-0.2, -0.15) is 0 Å². The molecule has 0 radical (unpaired) electrons. The van der Waals surface area contributed by atoms with Gasteiger partial charge in [-0.3, -0.25) is 0 Å². The van der Waals surface area contributed by atoms with Gasteiger partial charge in [0.05, 0.1) is 0 Å². The molecule has 0 aliphatic carbocycles. The van der Waals surface area contributed by atoms with Crippen LogP contribution < -0.4 is 9.31 Å². The summed E-state index contributed by atoms with van der Waals surface area (Å²) in [6.45, 7) is 3.88. The average Bonchev–Trinajstić information content (AvgIpc) is 2.94. The zero-order valence-corrected chi connectivity index (χ0v) is 23.3. The molecular formula is C32H38BClN2O2. The summed E-state index contributed by atoms with van der Waals surface area (Å²) in [4.78, 5) is 4.69. The molecule has 0 amide bonds. The Morgan fingerprint density at radius 1 is 0.500 bits per heavy atom. The third-order valence-corrected chi connectivity index (χ3v) is 6.45. The molecule has 0 spiro atoms. The molecule has 0 aliphatic heterocycles.